The Morgan fingerprint density at radius 1 is 1.06 bits per heavy atom. The van der Waals surface area contributed by atoms with Gasteiger partial charge in [0, 0.05) is 40.8 Å². The number of carbonyl (C=O) groups is 2. The third kappa shape index (κ3) is 12.5. The lowest BCUT2D eigenvalue weighted by Gasteiger charge is -2.21. The van der Waals surface area contributed by atoms with E-state index in [9.17, 15) is 9.59 Å². The maximum absolute atomic E-state index is 11.9. The van der Waals surface area contributed by atoms with Crippen LogP contribution < -0.4 is 33.6 Å². The molecule has 0 spiro atoms. The lowest BCUT2D eigenvalue weighted by atomic mass is 9.90. The summed E-state index contributed by atoms with van der Waals surface area (Å²) in [4.78, 5) is 23.2. The molecule has 12 nitrogen and oxygen atoms in total. The summed E-state index contributed by atoms with van der Waals surface area (Å²) >= 11 is 0. The SMILES string of the molecule is N.NCCOC/C(N)=C/NCCOCCOCCNc1ccc(C2CCC(=O)NC2=O)cc1.O.[HH].[HH]. The molecule has 1 aliphatic heterocycles. The smallest absolute Gasteiger partial charge is 0.234 e. The van der Waals surface area contributed by atoms with E-state index in [2.05, 4.69) is 16.0 Å². The molecular formula is C22H44N6O6. The van der Waals surface area contributed by atoms with Gasteiger partial charge in [0.1, 0.15) is 0 Å². The van der Waals surface area contributed by atoms with Crippen LogP contribution in [-0.4, -0.2) is 76.6 Å². The van der Waals surface area contributed by atoms with Crippen LogP contribution in [0.25, 0.3) is 0 Å². The highest BCUT2D eigenvalue weighted by Gasteiger charge is 2.27. The second-order valence-electron chi connectivity index (χ2n) is 7.29. The van der Waals surface area contributed by atoms with Crippen LogP contribution in [0.3, 0.4) is 0 Å². The molecule has 0 saturated carbocycles. The van der Waals surface area contributed by atoms with Gasteiger partial charge in [-0.2, -0.15) is 0 Å². The summed E-state index contributed by atoms with van der Waals surface area (Å²) in [6.45, 7) is 4.77. The highest BCUT2D eigenvalue weighted by atomic mass is 16.5. The van der Waals surface area contributed by atoms with Gasteiger partial charge in [-0.1, -0.05) is 12.1 Å². The number of nitrogens with two attached hydrogens (primary N) is 2. The van der Waals surface area contributed by atoms with Crippen molar-refractivity contribution in [2.75, 3.05) is 64.6 Å². The Morgan fingerprint density at radius 3 is 2.38 bits per heavy atom. The van der Waals surface area contributed by atoms with Crippen molar-refractivity contribution in [3.05, 3.63) is 41.7 Å². The lowest BCUT2D eigenvalue weighted by molar-refractivity contribution is -0.134. The van der Waals surface area contributed by atoms with Gasteiger partial charge in [0.05, 0.1) is 51.3 Å². The number of ether oxygens (including phenoxy) is 3. The molecule has 0 aromatic heterocycles. The molecule has 198 valence electrons. The Bertz CT molecular complexity index is 742. The number of hydrogen-bond donors (Lipinski definition) is 6. The summed E-state index contributed by atoms with van der Waals surface area (Å²) in [5.74, 6) is -0.680. The maximum Gasteiger partial charge on any atom is 0.234 e. The van der Waals surface area contributed by atoms with Gasteiger partial charge >= 0.3 is 0 Å². The summed E-state index contributed by atoms with van der Waals surface area (Å²) in [6.07, 6.45) is 2.64. The monoisotopic (exact) mass is 488 g/mol. The van der Waals surface area contributed by atoms with Crippen LogP contribution in [0.5, 0.6) is 0 Å². The molecule has 1 heterocycles. The third-order valence-corrected chi connectivity index (χ3v) is 4.71. The minimum atomic E-state index is -0.260. The van der Waals surface area contributed by atoms with Crippen LogP contribution in [-0.2, 0) is 23.8 Å². The van der Waals surface area contributed by atoms with Crippen molar-refractivity contribution < 1.29 is 32.1 Å². The number of benzene rings is 1. The van der Waals surface area contributed by atoms with Gasteiger partial charge in [0.2, 0.25) is 11.8 Å². The van der Waals surface area contributed by atoms with E-state index in [1.165, 1.54) is 0 Å². The van der Waals surface area contributed by atoms with Crippen molar-refractivity contribution in [3.63, 3.8) is 0 Å². The van der Waals surface area contributed by atoms with Crippen molar-refractivity contribution in [2.45, 2.75) is 18.8 Å². The van der Waals surface area contributed by atoms with Crippen molar-refractivity contribution in [1.82, 2.24) is 16.8 Å². The number of anilines is 1. The fourth-order valence-corrected chi connectivity index (χ4v) is 3.08. The number of amides is 2. The van der Waals surface area contributed by atoms with Gasteiger partial charge in [-0.3, -0.25) is 14.9 Å². The molecule has 0 bridgehead atoms. The zero-order chi connectivity index (χ0) is 23.0. The molecule has 1 aromatic rings. The van der Waals surface area contributed by atoms with E-state index >= 15 is 0 Å². The van der Waals surface area contributed by atoms with E-state index < -0.39 is 0 Å². The number of piperidine rings is 1. The molecule has 1 atom stereocenters. The van der Waals surface area contributed by atoms with Crippen molar-refractivity contribution in [3.8, 4) is 0 Å². The van der Waals surface area contributed by atoms with Gasteiger partial charge in [0.25, 0.3) is 0 Å². The van der Waals surface area contributed by atoms with Crippen molar-refractivity contribution in [1.29, 1.82) is 0 Å². The number of rotatable bonds is 16. The highest BCUT2D eigenvalue weighted by molar-refractivity contribution is 6.00. The number of carbonyl (C=O) groups excluding carboxylic acids is 2. The summed E-state index contributed by atoms with van der Waals surface area (Å²) in [7, 11) is 0. The first-order valence-corrected chi connectivity index (χ1v) is 10.9. The van der Waals surface area contributed by atoms with Gasteiger partial charge in [-0.15, -0.1) is 0 Å². The maximum atomic E-state index is 11.9. The van der Waals surface area contributed by atoms with Gasteiger partial charge in [0.15, 0.2) is 0 Å². The Morgan fingerprint density at radius 2 is 1.74 bits per heavy atom. The minimum Gasteiger partial charge on any atom is -0.412 e. The van der Waals surface area contributed by atoms with E-state index in [1.54, 1.807) is 6.20 Å². The van der Waals surface area contributed by atoms with Gasteiger partial charge in [-0.25, -0.2) is 0 Å². The predicted molar refractivity (Wildman–Crippen MR) is 135 cm³/mol. The van der Waals surface area contributed by atoms with Crippen LogP contribution in [0.15, 0.2) is 36.2 Å². The number of hydrogen-bond acceptors (Lipinski definition) is 10. The highest BCUT2D eigenvalue weighted by Crippen LogP contribution is 2.25. The van der Waals surface area contributed by atoms with E-state index in [4.69, 9.17) is 25.7 Å². The molecule has 34 heavy (non-hydrogen) atoms. The molecule has 2 rings (SSSR count). The quantitative estimate of drug-likeness (QED) is 0.133. The molecule has 1 unspecified atom stereocenters. The molecule has 12 N–H and O–H groups in total. The number of nitrogens with one attached hydrogen (secondary N) is 3. The van der Waals surface area contributed by atoms with Crippen LogP contribution in [0.2, 0.25) is 0 Å². The summed E-state index contributed by atoms with van der Waals surface area (Å²) in [6, 6.07) is 7.70. The third-order valence-electron chi connectivity index (χ3n) is 4.71. The molecule has 1 saturated heterocycles. The Balaban J connectivity index is -0.00000272. The van der Waals surface area contributed by atoms with E-state index in [0.29, 0.717) is 77.8 Å². The van der Waals surface area contributed by atoms with Crippen LogP contribution in [0.1, 0.15) is 27.2 Å². The molecule has 0 radical (unpaired) electrons. The van der Waals surface area contributed by atoms with Crippen molar-refractivity contribution in [2.24, 2.45) is 11.5 Å². The summed E-state index contributed by atoms with van der Waals surface area (Å²) < 4.78 is 16.2. The molecule has 1 fully saturated rings. The lowest BCUT2D eigenvalue weighted by Crippen LogP contribution is -2.39. The predicted octanol–water partition coefficient (Wildman–Crippen LogP) is -0.154. The molecule has 2 amide bonds. The van der Waals surface area contributed by atoms with E-state index in [0.717, 1.165) is 11.3 Å². The second kappa shape index (κ2) is 18.7. The van der Waals surface area contributed by atoms with Crippen LogP contribution >= 0.6 is 0 Å². The first-order chi connectivity index (χ1) is 15.6. The first-order valence-electron chi connectivity index (χ1n) is 10.9. The largest absolute Gasteiger partial charge is 0.412 e. The summed E-state index contributed by atoms with van der Waals surface area (Å²) in [5, 5.41) is 8.72. The topological polar surface area (TPSA) is 216 Å². The normalized spacial score (nSPS) is 15.7. The van der Waals surface area contributed by atoms with Gasteiger partial charge in [-0.05, 0) is 24.1 Å². The van der Waals surface area contributed by atoms with Crippen LogP contribution in [0.4, 0.5) is 5.69 Å². The summed E-state index contributed by atoms with van der Waals surface area (Å²) in [5.41, 5.74) is 13.6. The average Bonchev–Trinajstić information content (AvgIpc) is 2.78. The zero-order valence-corrected chi connectivity index (χ0v) is 19.6. The van der Waals surface area contributed by atoms with Crippen molar-refractivity contribution >= 4 is 17.5 Å². The Kier molecular flexibility index (Phi) is 17.2. The minimum absolute atomic E-state index is 0. The second-order valence-corrected chi connectivity index (χ2v) is 7.29. The number of imide groups is 1. The van der Waals surface area contributed by atoms with Crippen LogP contribution in [0, 0.1) is 0 Å². The molecule has 1 aliphatic rings. The molecule has 0 aliphatic carbocycles. The zero-order valence-electron chi connectivity index (χ0n) is 19.6. The van der Waals surface area contributed by atoms with Gasteiger partial charge < -0.3 is 47.9 Å². The fraction of sp³-hybridized carbons (Fsp3) is 0.545. The average molecular weight is 489 g/mol. The van der Waals surface area contributed by atoms with E-state index in [1.807, 2.05) is 24.3 Å². The molecule has 12 heteroatoms. The fourth-order valence-electron chi connectivity index (χ4n) is 3.08. The Hall–Kier alpha value is -2.74. The first kappa shape index (κ1) is 31.3. The standard InChI is InChI=1S/C22H35N5O5.H3N.H2O.2H2/c23-7-10-32-16-18(24)15-25-8-11-30-13-14-31-12-9-26-19-3-1-17(2-4-19)20-5-6-21(28)27-22(20)29;;;;/h1-4,15,20,25-26H,5-14,16,23-24H2,(H,27,28,29);1H3;1H2;2*1H/b18-15-;;;;. The molecular weight excluding hydrogens is 444 g/mol. The van der Waals surface area contributed by atoms with E-state index in [-0.39, 0.29) is 32.2 Å². The Labute approximate surface area is 203 Å². The molecule has 1 aromatic carbocycles.